The van der Waals surface area contributed by atoms with Gasteiger partial charge in [-0.3, -0.25) is 9.59 Å². The summed E-state index contributed by atoms with van der Waals surface area (Å²) in [7, 11) is 1.51. The number of methoxy groups -OCH3 is 1. The molecule has 2 aromatic rings. The number of benzene rings is 2. The van der Waals surface area contributed by atoms with Crippen LogP contribution in [0.5, 0.6) is 11.5 Å². The number of aliphatic hydroxyl groups excluding tert-OH is 1. The molecule has 156 valence electrons. The van der Waals surface area contributed by atoms with Gasteiger partial charge in [0.15, 0.2) is 11.5 Å². The van der Waals surface area contributed by atoms with E-state index in [1.807, 2.05) is 0 Å². The smallest absolute Gasteiger partial charge is 0.295 e. The summed E-state index contributed by atoms with van der Waals surface area (Å²) in [6.07, 6.45) is 0. The predicted octanol–water partition coefficient (Wildman–Crippen LogP) is 3.18. The van der Waals surface area contributed by atoms with E-state index < -0.39 is 17.7 Å². The van der Waals surface area contributed by atoms with Crippen LogP contribution in [0, 0.1) is 0 Å². The SMILES string of the molecule is COCCN1C(=O)C(=O)C(=C(O)c2ccc3c(c2)OCCO3)[C@H]1c1cccc(Cl)c1. The number of nitrogens with zero attached hydrogens (tertiary/aromatic N) is 1. The van der Waals surface area contributed by atoms with Crippen LogP contribution in [0.15, 0.2) is 48.0 Å². The third-order valence-corrected chi connectivity index (χ3v) is 5.29. The third kappa shape index (κ3) is 3.62. The Bertz CT molecular complexity index is 1030. The van der Waals surface area contributed by atoms with Gasteiger partial charge in [-0.25, -0.2) is 0 Å². The van der Waals surface area contributed by atoms with Gasteiger partial charge in [-0.05, 0) is 35.9 Å². The second-order valence-corrected chi connectivity index (χ2v) is 7.34. The van der Waals surface area contributed by atoms with E-state index in [1.165, 1.54) is 12.0 Å². The van der Waals surface area contributed by atoms with E-state index in [9.17, 15) is 14.7 Å². The van der Waals surface area contributed by atoms with E-state index in [0.717, 1.165) is 0 Å². The minimum absolute atomic E-state index is 0.00459. The molecule has 7 nitrogen and oxygen atoms in total. The average molecular weight is 430 g/mol. The number of hydrogen-bond acceptors (Lipinski definition) is 6. The van der Waals surface area contributed by atoms with Crippen LogP contribution in [0.3, 0.4) is 0 Å². The number of ketones is 1. The zero-order valence-corrected chi connectivity index (χ0v) is 17.0. The monoisotopic (exact) mass is 429 g/mol. The molecule has 0 unspecified atom stereocenters. The third-order valence-electron chi connectivity index (χ3n) is 5.06. The van der Waals surface area contributed by atoms with Gasteiger partial charge in [0, 0.05) is 24.2 Å². The topological polar surface area (TPSA) is 85.3 Å². The number of carbonyl (C=O) groups excluding carboxylic acids is 2. The van der Waals surface area contributed by atoms with Gasteiger partial charge in [0.1, 0.15) is 19.0 Å². The number of hydrogen-bond donors (Lipinski definition) is 1. The molecule has 1 N–H and O–H groups in total. The van der Waals surface area contributed by atoms with Gasteiger partial charge in [-0.2, -0.15) is 0 Å². The molecular formula is C22H20ClNO6. The molecule has 0 bridgehead atoms. The van der Waals surface area contributed by atoms with Crippen molar-refractivity contribution in [2.45, 2.75) is 6.04 Å². The Balaban J connectivity index is 1.84. The maximum absolute atomic E-state index is 12.9. The standard InChI is InChI=1S/C22H20ClNO6/c1-28-8-7-24-19(13-3-2-4-15(23)11-13)18(21(26)22(24)27)20(25)14-5-6-16-17(12-14)30-10-9-29-16/h2-6,11-12,19,25H,7-10H2,1H3/t19-/m1/s1. The molecule has 1 saturated heterocycles. The van der Waals surface area contributed by atoms with Crippen molar-refractivity contribution >= 4 is 29.1 Å². The highest BCUT2D eigenvalue weighted by molar-refractivity contribution is 6.46. The molecule has 0 aromatic heterocycles. The van der Waals surface area contributed by atoms with Crippen molar-refractivity contribution in [2.24, 2.45) is 0 Å². The molecular weight excluding hydrogens is 410 g/mol. The second kappa shape index (κ2) is 8.38. The van der Waals surface area contributed by atoms with E-state index in [0.29, 0.717) is 40.9 Å². The van der Waals surface area contributed by atoms with Crippen molar-refractivity contribution in [1.29, 1.82) is 0 Å². The molecule has 4 rings (SSSR count). The lowest BCUT2D eigenvalue weighted by Crippen LogP contribution is -2.32. The van der Waals surface area contributed by atoms with E-state index in [-0.39, 0.29) is 24.5 Å². The first-order chi connectivity index (χ1) is 14.5. The summed E-state index contributed by atoms with van der Waals surface area (Å²) in [4.78, 5) is 27.1. The number of halogens is 1. The van der Waals surface area contributed by atoms with Gasteiger partial charge in [-0.15, -0.1) is 0 Å². The zero-order valence-electron chi connectivity index (χ0n) is 16.3. The maximum atomic E-state index is 12.9. The number of likely N-dealkylation sites (tertiary alicyclic amines) is 1. The first-order valence-electron chi connectivity index (χ1n) is 9.44. The van der Waals surface area contributed by atoms with Crippen LogP contribution in [-0.2, 0) is 14.3 Å². The van der Waals surface area contributed by atoms with Crippen LogP contribution in [-0.4, -0.2) is 55.2 Å². The lowest BCUT2D eigenvalue weighted by molar-refractivity contribution is -0.140. The Morgan fingerprint density at radius 3 is 2.67 bits per heavy atom. The van der Waals surface area contributed by atoms with Gasteiger partial charge in [0.05, 0.1) is 18.2 Å². The Morgan fingerprint density at radius 1 is 1.17 bits per heavy atom. The zero-order chi connectivity index (χ0) is 21.3. The maximum Gasteiger partial charge on any atom is 0.295 e. The van der Waals surface area contributed by atoms with Gasteiger partial charge in [0.2, 0.25) is 0 Å². The predicted molar refractivity (Wildman–Crippen MR) is 110 cm³/mol. The molecule has 2 aromatic carbocycles. The molecule has 2 aliphatic rings. The number of ether oxygens (including phenoxy) is 3. The number of Topliss-reactive ketones (excluding diaryl/α,β-unsaturated/α-hetero) is 1. The molecule has 0 saturated carbocycles. The first-order valence-corrected chi connectivity index (χ1v) is 9.82. The van der Waals surface area contributed by atoms with Crippen LogP contribution in [0.1, 0.15) is 17.2 Å². The molecule has 0 radical (unpaired) electrons. The molecule has 8 heteroatoms. The van der Waals surface area contributed by atoms with Gasteiger partial charge < -0.3 is 24.2 Å². The Labute approximate surface area is 178 Å². The van der Waals surface area contributed by atoms with Gasteiger partial charge >= 0.3 is 0 Å². The summed E-state index contributed by atoms with van der Waals surface area (Å²) in [5.74, 6) is -0.710. The molecule has 1 amide bonds. The van der Waals surface area contributed by atoms with Crippen LogP contribution in [0.2, 0.25) is 5.02 Å². The summed E-state index contributed by atoms with van der Waals surface area (Å²) >= 11 is 6.15. The minimum Gasteiger partial charge on any atom is -0.507 e. The molecule has 0 spiro atoms. The lowest BCUT2D eigenvalue weighted by atomic mass is 9.95. The van der Waals surface area contributed by atoms with Gasteiger partial charge in [-0.1, -0.05) is 23.7 Å². The fourth-order valence-electron chi connectivity index (χ4n) is 3.67. The number of carbonyl (C=O) groups is 2. The van der Waals surface area contributed by atoms with E-state index in [2.05, 4.69) is 0 Å². The van der Waals surface area contributed by atoms with E-state index in [1.54, 1.807) is 42.5 Å². The normalized spacial score (nSPS) is 19.9. The van der Waals surface area contributed by atoms with Gasteiger partial charge in [0.25, 0.3) is 11.7 Å². The van der Waals surface area contributed by atoms with Crippen molar-refractivity contribution < 1.29 is 28.9 Å². The van der Waals surface area contributed by atoms with E-state index in [4.69, 9.17) is 25.8 Å². The molecule has 2 aliphatic heterocycles. The van der Waals surface area contributed by atoms with Crippen molar-refractivity contribution in [3.05, 3.63) is 64.2 Å². The number of amides is 1. The summed E-state index contributed by atoms with van der Waals surface area (Å²) in [6.45, 7) is 1.27. The highest BCUT2D eigenvalue weighted by Gasteiger charge is 2.46. The molecule has 1 atom stereocenters. The fourth-order valence-corrected chi connectivity index (χ4v) is 3.87. The van der Waals surface area contributed by atoms with E-state index >= 15 is 0 Å². The summed E-state index contributed by atoms with van der Waals surface area (Å²) in [5.41, 5.74) is 0.975. The highest BCUT2D eigenvalue weighted by Crippen LogP contribution is 2.41. The largest absolute Gasteiger partial charge is 0.507 e. The quantitative estimate of drug-likeness (QED) is 0.446. The molecule has 30 heavy (non-hydrogen) atoms. The second-order valence-electron chi connectivity index (χ2n) is 6.90. The number of rotatable bonds is 5. The molecule has 2 heterocycles. The lowest BCUT2D eigenvalue weighted by Gasteiger charge is -2.25. The molecule has 1 fully saturated rings. The highest BCUT2D eigenvalue weighted by atomic mass is 35.5. The number of fused-ring (bicyclic) bond motifs is 1. The van der Waals surface area contributed by atoms with Crippen molar-refractivity contribution in [2.75, 3.05) is 33.5 Å². The first kappa shape index (κ1) is 20.3. The Morgan fingerprint density at radius 2 is 1.93 bits per heavy atom. The van der Waals surface area contributed by atoms with Crippen LogP contribution in [0.4, 0.5) is 0 Å². The summed E-state index contributed by atoms with van der Waals surface area (Å²) in [5, 5.41) is 11.5. The van der Waals surface area contributed by atoms with Crippen molar-refractivity contribution in [3.63, 3.8) is 0 Å². The Kier molecular flexibility index (Phi) is 5.65. The van der Waals surface area contributed by atoms with Crippen LogP contribution >= 0.6 is 11.6 Å². The van der Waals surface area contributed by atoms with Crippen molar-refractivity contribution in [3.8, 4) is 11.5 Å². The minimum atomic E-state index is -0.785. The summed E-state index contributed by atoms with van der Waals surface area (Å²) in [6, 6.07) is 11.0. The fraction of sp³-hybridized carbons (Fsp3) is 0.273. The summed E-state index contributed by atoms with van der Waals surface area (Å²) < 4.78 is 16.2. The number of aliphatic hydroxyl groups is 1. The van der Waals surface area contributed by atoms with Crippen LogP contribution < -0.4 is 9.47 Å². The molecule has 0 aliphatic carbocycles. The van der Waals surface area contributed by atoms with Crippen molar-refractivity contribution in [1.82, 2.24) is 4.90 Å². The van der Waals surface area contributed by atoms with Crippen LogP contribution in [0.25, 0.3) is 5.76 Å². The Hall–Kier alpha value is -3.03. The average Bonchev–Trinajstić information content (AvgIpc) is 3.01.